The van der Waals surface area contributed by atoms with E-state index in [1.165, 1.54) is 6.08 Å². The Morgan fingerprint density at radius 2 is 2.11 bits per heavy atom. The highest BCUT2D eigenvalue weighted by atomic mass is 32.1. The van der Waals surface area contributed by atoms with Crippen molar-refractivity contribution in [1.29, 1.82) is 0 Å². The van der Waals surface area contributed by atoms with E-state index in [1.807, 2.05) is 36.4 Å². The molecule has 98 valence electrons. The van der Waals surface area contributed by atoms with Crippen molar-refractivity contribution in [2.45, 2.75) is 6.92 Å². The minimum Gasteiger partial charge on any atom is -0.463 e. The number of hydrogen-bond acceptors (Lipinski definition) is 4. The van der Waals surface area contributed by atoms with Gasteiger partial charge in [0.1, 0.15) is 0 Å². The SMILES string of the molecule is CCOC(=O)/C=C/c1sc(-c2ccccc2)cc1N. The standard InChI is InChI=1S/C15H15NO2S/c1-2-18-15(17)9-8-13-12(16)10-14(19-13)11-6-4-3-5-7-11/h3-10H,2,16H2,1H3/b9-8+. The summed E-state index contributed by atoms with van der Waals surface area (Å²) in [5.74, 6) is -0.350. The Morgan fingerprint density at radius 3 is 2.79 bits per heavy atom. The molecule has 0 radical (unpaired) electrons. The fourth-order valence-corrected chi connectivity index (χ4v) is 2.62. The number of hydrogen-bond donors (Lipinski definition) is 1. The van der Waals surface area contributed by atoms with E-state index in [0.29, 0.717) is 12.3 Å². The molecule has 0 unspecified atom stereocenters. The van der Waals surface area contributed by atoms with E-state index in [9.17, 15) is 4.79 Å². The Kier molecular flexibility index (Phi) is 4.36. The number of anilines is 1. The molecule has 1 aromatic heterocycles. The number of ether oxygens (including phenoxy) is 1. The maximum atomic E-state index is 11.3. The third-order valence-electron chi connectivity index (χ3n) is 2.51. The van der Waals surface area contributed by atoms with Gasteiger partial charge in [0.15, 0.2) is 0 Å². The summed E-state index contributed by atoms with van der Waals surface area (Å²) < 4.78 is 4.83. The van der Waals surface area contributed by atoms with Crippen LogP contribution in [0.25, 0.3) is 16.5 Å². The van der Waals surface area contributed by atoms with Crippen LogP contribution in [0.15, 0.2) is 42.5 Å². The summed E-state index contributed by atoms with van der Waals surface area (Å²) in [4.78, 5) is 13.2. The smallest absolute Gasteiger partial charge is 0.330 e. The molecule has 0 aliphatic heterocycles. The molecule has 1 aromatic carbocycles. The average Bonchev–Trinajstić information content (AvgIpc) is 2.79. The van der Waals surface area contributed by atoms with Crippen LogP contribution in [0.1, 0.15) is 11.8 Å². The summed E-state index contributed by atoms with van der Waals surface area (Å²) in [6.07, 6.45) is 3.10. The molecule has 0 fully saturated rings. The van der Waals surface area contributed by atoms with Crippen molar-refractivity contribution in [3.63, 3.8) is 0 Å². The predicted octanol–water partition coefficient (Wildman–Crippen LogP) is 3.57. The van der Waals surface area contributed by atoms with Gasteiger partial charge in [-0.2, -0.15) is 0 Å². The topological polar surface area (TPSA) is 52.3 Å². The van der Waals surface area contributed by atoms with Crippen molar-refractivity contribution in [1.82, 2.24) is 0 Å². The van der Waals surface area contributed by atoms with Crippen LogP contribution in [0.4, 0.5) is 5.69 Å². The van der Waals surface area contributed by atoms with Crippen LogP contribution >= 0.6 is 11.3 Å². The third kappa shape index (κ3) is 3.45. The number of rotatable bonds is 4. The van der Waals surface area contributed by atoms with Gasteiger partial charge in [0.2, 0.25) is 0 Å². The first-order chi connectivity index (χ1) is 9.20. The van der Waals surface area contributed by atoms with Crippen molar-refractivity contribution in [3.05, 3.63) is 47.4 Å². The van der Waals surface area contributed by atoms with E-state index < -0.39 is 0 Å². The Bertz CT molecular complexity index is 587. The minimum absolute atomic E-state index is 0.350. The highest BCUT2D eigenvalue weighted by molar-refractivity contribution is 7.17. The van der Waals surface area contributed by atoms with Gasteiger partial charge in [-0.15, -0.1) is 11.3 Å². The maximum Gasteiger partial charge on any atom is 0.330 e. The lowest BCUT2D eigenvalue weighted by Crippen LogP contribution is -1.98. The Balaban J connectivity index is 2.20. The zero-order valence-electron chi connectivity index (χ0n) is 10.6. The number of nitrogens with two attached hydrogens (primary N) is 1. The molecule has 0 saturated heterocycles. The summed E-state index contributed by atoms with van der Waals surface area (Å²) in [7, 11) is 0. The predicted molar refractivity (Wildman–Crippen MR) is 79.8 cm³/mol. The monoisotopic (exact) mass is 273 g/mol. The molecule has 19 heavy (non-hydrogen) atoms. The zero-order valence-corrected chi connectivity index (χ0v) is 11.4. The molecule has 0 amide bonds. The zero-order chi connectivity index (χ0) is 13.7. The van der Waals surface area contributed by atoms with Crippen LogP contribution in [-0.4, -0.2) is 12.6 Å². The second-order valence-electron chi connectivity index (χ2n) is 3.88. The van der Waals surface area contributed by atoms with E-state index in [0.717, 1.165) is 15.3 Å². The fraction of sp³-hybridized carbons (Fsp3) is 0.133. The summed E-state index contributed by atoms with van der Waals surface area (Å²) >= 11 is 1.55. The van der Waals surface area contributed by atoms with E-state index in [-0.39, 0.29) is 5.97 Å². The fourth-order valence-electron chi connectivity index (χ4n) is 1.63. The van der Waals surface area contributed by atoms with Crippen LogP contribution in [-0.2, 0) is 9.53 Å². The first-order valence-corrected chi connectivity index (χ1v) is 6.82. The van der Waals surface area contributed by atoms with E-state index in [1.54, 1.807) is 24.3 Å². The van der Waals surface area contributed by atoms with Gasteiger partial charge in [-0.05, 0) is 24.6 Å². The molecule has 2 N–H and O–H groups in total. The molecule has 0 spiro atoms. The molecule has 4 heteroatoms. The lowest BCUT2D eigenvalue weighted by molar-refractivity contribution is -0.137. The summed E-state index contributed by atoms with van der Waals surface area (Å²) in [5.41, 5.74) is 7.74. The number of thiophene rings is 1. The largest absolute Gasteiger partial charge is 0.463 e. The Hall–Kier alpha value is -2.07. The van der Waals surface area contributed by atoms with Crippen molar-refractivity contribution in [2.24, 2.45) is 0 Å². The summed E-state index contributed by atoms with van der Waals surface area (Å²) in [5, 5.41) is 0. The van der Waals surface area contributed by atoms with Crippen LogP contribution < -0.4 is 5.73 Å². The number of carbonyl (C=O) groups is 1. The molecule has 1 heterocycles. The van der Waals surface area contributed by atoms with Gasteiger partial charge < -0.3 is 10.5 Å². The van der Waals surface area contributed by atoms with Crippen molar-refractivity contribution in [2.75, 3.05) is 12.3 Å². The lowest BCUT2D eigenvalue weighted by Gasteiger charge is -1.94. The highest BCUT2D eigenvalue weighted by Gasteiger charge is 2.06. The van der Waals surface area contributed by atoms with E-state index >= 15 is 0 Å². The second kappa shape index (κ2) is 6.20. The highest BCUT2D eigenvalue weighted by Crippen LogP contribution is 2.33. The number of benzene rings is 1. The molecule has 2 aromatic rings. The summed E-state index contributed by atoms with van der Waals surface area (Å²) in [6.45, 7) is 2.15. The van der Waals surface area contributed by atoms with Crippen molar-refractivity contribution in [3.8, 4) is 10.4 Å². The minimum atomic E-state index is -0.350. The van der Waals surface area contributed by atoms with Gasteiger partial charge in [-0.25, -0.2) is 4.79 Å². The third-order valence-corrected chi connectivity index (χ3v) is 3.67. The number of esters is 1. The normalized spacial score (nSPS) is 10.8. The van der Waals surface area contributed by atoms with Crippen LogP contribution in [0.2, 0.25) is 0 Å². The maximum absolute atomic E-state index is 11.3. The van der Waals surface area contributed by atoms with Gasteiger partial charge in [-0.1, -0.05) is 30.3 Å². The number of nitrogen functional groups attached to an aromatic ring is 1. The lowest BCUT2D eigenvalue weighted by atomic mass is 10.2. The van der Waals surface area contributed by atoms with Crippen molar-refractivity contribution >= 4 is 29.1 Å². The van der Waals surface area contributed by atoms with Crippen LogP contribution in [0, 0.1) is 0 Å². The first-order valence-electron chi connectivity index (χ1n) is 6.00. The number of carbonyl (C=O) groups excluding carboxylic acids is 1. The molecular weight excluding hydrogens is 258 g/mol. The van der Waals surface area contributed by atoms with Gasteiger partial charge in [0.05, 0.1) is 17.2 Å². The van der Waals surface area contributed by atoms with Crippen LogP contribution in [0.3, 0.4) is 0 Å². The first kappa shape index (κ1) is 13.4. The Morgan fingerprint density at radius 1 is 1.37 bits per heavy atom. The molecule has 0 saturated carbocycles. The van der Waals surface area contributed by atoms with Crippen molar-refractivity contribution < 1.29 is 9.53 Å². The molecule has 2 rings (SSSR count). The molecular formula is C15H15NO2S. The van der Waals surface area contributed by atoms with Gasteiger partial charge in [-0.3, -0.25) is 0 Å². The van der Waals surface area contributed by atoms with Gasteiger partial charge in [0.25, 0.3) is 0 Å². The summed E-state index contributed by atoms with van der Waals surface area (Å²) in [6, 6.07) is 11.9. The van der Waals surface area contributed by atoms with Crippen LogP contribution in [0.5, 0.6) is 0 Å². The quantitative estimate of drug-likeness (QED) is 0.684. The average molecular weight is 273 g/mol. The molecule has 0 aliphatic carbocycles. The molecule has 0 aliphatic rings. The van der Waals surface area contributed by atoms with Gasteiger partial charge in [0, 0.05) is 11.0 Å². The van der Waals surface area contributed by atoms with E-state index in [4.69, 9.17) is 10.5 Å². The molecule has 3 nitrogen and oxygen atoms in total. The molecule has 0 bridgehead atoms. The Labute approximate surface area is 116 Å². The second-order valence-corrected chi connectivity index (χ2v) is 4.97. The van der Waals surface area contributed by atoms with E-state index in [2.05, 4.69) is 0 Å². The van der Waals surface area contributed by atoms with Gasteiger partial charge >= 0.3 is 5.97 Å². The molecule has 0 atom stereocenters.